The number of alkyl halides is 1. The van der Waals surface area contributed by atoms with Crippen molar-refractivity contribution < 1.29 is 14.3 Å². The summed E-state index contributed by atoms with van der Waals surface area (Å²) in [7, 11) is 2.09. The summed E-state index contributed by atoms with van der Waals surface area (Å²) in [4.78, 5) is 34.8. The summed E-state index contributed by atoms with van der Waals surface area (Å²) in [6, 6.07) is 1.48. The van der Waals surface area contributed by atoms with Gasteiger partial charge in [-0.3, -0.25) is 4.79 Å². The Hall–Kier alpha value is -2.57. The maximum Gasteiger partial charge on any atom is 0.236 e. The third kappa shape index (κ3) is 6.95. The van der Waals surface area contributed by atoms with Crippen LogP contribution in [0.15, 0.2) is 16.1 Å². The Labute approximate surface area is 202 Å². The number of nitrogen functional groups attached to an aromatic ring is 1. The molecule has 0 atom stereocenters. The molecular formula is C20H29ClN8O3S. The molecule has 1 amide bonds. The zero-order chi connectivity index (χ0) is 23.8. The van der Waals surface area contributed by atoms with Crippen molar-refractivity contribution in [2.24, 2.45) is 0 Å². The van der Waals surface area contributed by atoms with E-state index in [1.165, 1.54) is 6.07 Å². The molecule has 1 fully saturated rings. The summed E-state index contributed by atoms with van der Waals surface area (Å²) >= 11 is 6.80. The number of carbonyl (C=O) groups excluding carboxylic acids is 1. The van der Waals surface area contributed by atoms with E-state index >= 15 is 0 Å². The molecule has 0 bridgehead atoms. The van der Waals surface area contributed by atoms with Crippen LogP contribution in [0.3, 0.4) is 0 Å². The number of anilines is 3. The zero-order valence-corrected chi connectivity index (χ0v) is 20.6. The van der Waals surface area contributed by atoms with Crippen LogP contribution >= 0.6 is 23.4 Å². The van der Waals surface area contributed by atoms with Crippen LogP contribution in [0.25, 0.3) is 0 Å². The van der Waals surface area contributed by atoms with Crippen molar-refractivity contribution in [1.29, 1.82) is 0 Å². The van der Waals surface area contributed by atoms with Gasteiger partial charge >= 0.3 is 0 Å². The maximum atomic E-state index is 11.9. The number of amides is 1. The highest BCUT2D eigenvalue weighted by Gasteiger charge is 2.24. The van der Waals surface area contributed by atoms with Crippen LogP contribution in [-0.2, 0) is 4.79 Å². The van der Waals surface area contributed by atoms with Crippen LogP contribution in [0.5, 0.6) is 11.8 Å². The van der Waals surface area contributed by atoms with Crippen molar-refractivity contribution in [3.8, 4) is 11.8 Å². The molecule has 13 heteroatoms. The molecule has 3 N–H and O–H groups in total. The molecule has 2 aromatic heterocycles. The van der Waals surface area contributed by atoms with Gasteiger partial charge in [0.2, 0.25) is 23.6 Å². The molecule has 1 saturated heterocycles. The third-order valence-electron chi connectivity index (χ3n) is 4.65. The Morgan fingerprint density at radius 1 is 1.12 bits per heavy atom. The molecule has 11 nitrogen and oxygen atoms in total. The van der Waals surface area contributed by atoms with E-state index in [-0.39, 0.29) is 29.8 Å². The molecule has 180 valence electrons. The lowest BCUT2D eigenvalue weighted by Gasteiger charge is -2.32. The number of halogens is 1. The fourth-order valence-electron chi connectivity index (χ4n) is 3.04. The number of nitrogens with one attached hydrogen (secondary N) is 1. The number of nitrogens with zero attached hydrogens (tertiary/aromatic N) is 6. The lowest BCUT2D eigenvalue weighted by atomic mass is 10.3. The van der Waals surface area contributed by atoms with Gasteiger partial charge in [0.15, 0.2) is 5.16 Å². The molecule has 0 aromatic carbocycles. The Bertz CT molecular complexity index is 932. The van der Waals surface area contributed by atoms with Gasteiger partial charge in [-0.1, -0.05) is 0 Å². The predicted octanol–water partition coefficient (Wildman–Crippen LogP) is 2.12. The Balaban J connectivity index is 1.94. The van der Waals surface area contributed by atoms with Gasteiger partial charge in [-0.25, -0.2) is 9.97 Å². The van der Waals surface area contributed by atoms with E-state index in [1.54, 1.807) is 0 Å². The summed E-state index contributed by atoms with van der Waals surface area (Å²) in [6.45, 7) is 8.05. The van der Waals surface area contributed by atoms with Gasteiger partial charge in [-0.05, 0) is 32.7 Å². The van der Waals surface area contributed by atoms with E-state index < -0.39 is 0 Å². The largest absolute Gasteiger partial charge is 0.477 e. The van der Waals surface area contributed by atoms with E-state index in [9.17, 15) is 4.79 Å². The number of nitrogens with two attached hydrogens (primary N) is 1. The summed E-state index contributed by atoms with van der Waals surface area (Å²) in [5.74, 6) is 1.76. The van der Waals surface area contributed by atoms with Gasteiger partial charge in [0.1, 0.15) is 16.5 Å². The molecule has 3 rings (SSSR count). The first-order valence-corrected chi connectivity index (χ1v) is 12.1. The van der Waals surface area contributed by atoms with Crippen LogP contribution in [0.1, 0.15) is 20.3 Å². The van der Waals surface area contributed by atoms with Crippen molar-refractivity contribution in [2.75, 3.05) is 68.3 Å². The summed E-state index contributed by atoms with van der Waals surface area (Å²) in [6.07, 6.45) is 0.165. The number of hydrogen-bond donors (Lipinski definition) is 2. The van der Waals surface area contributed by atoms with Gasteiger partial charge in [0.05, 0.1) is 13.2 Å². The van der Waals surface area contributed by atoms with E-state index in [2.05, 4.69) is 42.1 Å². The molecular weight excluding hydrogens is 468 g/mol. The second-order valence-corrected chi connectivity index (χ2v) is 8.52. The minimum absolute atomic E-state index is 0.165. The van der Waals surface area contributed by atoms with Crippen LogP contribution in [-0.4, -0.2) is 83.1 Å². The van der Waals surface area contributed by atoms with E-state index in [1.807, 2.05) is 13.8 Å². The van der Waals surface area contributed by atoms with Gasteiger partial charge in [-0.15, -0.1) is 11.6 Å². The minimum Gasteiger partial charge on any atom is -0.477 e. The molecule has 0 spiro atoms. The molecule has 33 heavy (non-hydrogen) atoms. The summed E-state index contributed by atoms with van der Waals surface area (Å²) in [5.41, 5.74) is 5.94. The smallest absolute Gasteiger partial charge is 0.236 e. The number of hydrogen-bond acceptors (Lipinski definition) is 11. The minimum atomic E-state index is -0.260. The highest BCUT2D eigenvalue weighted by atomic mass is 35.5. The molecule has 0 saturated carbocycles. The number of rotatable bonds is 10. The van der Waals surface area contributed by atoms with Crippen molar-refractivity contribution in [2.45, 2.75) is 30.3 Å². The first-order valence-electron chi connectivity index (χ1n) is 10.7. The van der Waals surface area contributed by atoms with Crippen LogP contribution in [0, 0.1) is 0 Å². The number of ether oxygens (including phenoxy) is 2. The summed E-state index contributed by atoms with van der Waals surface area (Å²) < 4.78 is 11.7. The average Bonchev–Trinajstić information content (AvgIpc) is 2.76. The maximum absolute atomic E-state index is 11.9. The van der Waals surface area contributed by atoms with E-state index in [0.717, 1.165) is 37.9 Å². The van der Waals surface area contributed by atoms with E-state index in [4.69, 9.17) is 26.8 Å². The second kappa shape index (κ2) is 12.1. The highest BCUT2D eigenvalue weighted by Crippen LogP contribution is 2.40. The lowest BCUT2D eigenvalue weighted by Crippen LogP contribution is -2.45. The lowest BCUT2D eigenvalue weighted by molar-refractivity contribution is -0.115. The van der Waals surface area contributed by atoms with E-state index in [0.29, 0.717) is 41.0 Å². The molecule has 1 aliphatic rings. The van der Waals surface area contributed by atoms with Gasteiger partial charge < -0.3 is 30.3 Å². The molecule has 2 aromatic rings. The number of piperazine rings is 1. The van der Waals surface area contributed by atoms with Crippen molar-refractivity contribution >= 4 is 46.9 Å². The molecule has 0 radical (unpaired) electrons. The van der Waals surface area contributed by atoms with Gasteiger partial charge in [0.25, 0.3) is 0 Å². The fourth-order valence-corrected chi connectivity index (χ4v) is 4.07. The first-order chi connectivity index (χ1) is 15.9. The Kier molecular flexibility index (Phi) is 9.15. The number of likely N-dealkylation sites (N-methyl/N-ethyl adjacent to an activating group) is 1. The predicted molar refractivity (Wildman–Crippen MR) is 129 cm³/mol. The summed E-state index contributed by atoms with van der Waals surface area (Å²) in [5, 5.41) is 2.97. The van der Waals surface area contributed by atoms with Crippen molar-refractivity contribution in [1.82, 2.24) is 24.8 Å². The Morgan fingerprint density at radius 2 is 1.76 bits per heavy atom. The molecule has 1 aliphatic heterocycles. The van der Waals surface area contributed by atoms with Gasteiger partial charge in [0, 0.05) is 44.5 Å². The quantitative estimate of drug-likeness (QED) is 0.370. The Morgan fingerprint density at radius 3 is 2.33 bits per heavy atom. The number of carbonyl (C=O) groups is 1. The van der Waals surface area contributed by atoms with Crippen LogP contribution in [0.2, 0.25) is 0 Å². The third-order valence-corrected chi connectivity index (χ3v) is 5.76. The van der Waals surface area contributed by atoms with Crippen LogP contribution < -0.4 is 25.4 Å². The van der Waals surface area contributed by atoms with Crippen LogP contribution in [0.4, 0.5) is 17.6 Å². The van der Waals surface area contributed by atoms with Gasteiger partial charge in [-0.2, -0.15) is 9.97 Å². The molecule has 0 unspecified atom stereocenters. The number of aromatic nitrogens is 4. The van der Waals surface area contributed by atoms with Crippen molar-refractivity contribution in [3.63, 3.8) is 0 Å². The average molecular weight is 497 g/mol. The fraction of sp³-hybridized carbons (Fsp3) is 0.550. The molecule has 3 heterocycles. The first kappa shape index (κ1) is 25.1. The standard InChI is InChI=1S/C20H29ClN8O3S/c1-4-31-17-16(33-20-23-13(22)12-14(25-20)24-15(30)6-7-21)18(32-5-2)27-19(26-17)29-10-8-28(3)9-11-29/h12H,4-11H2,1-3H3,(H3,22,23,24,25,30). The zero-order valence-electron chi connectivity index (χ0n) is 19.0. The second-order valence-electron chi connectivity index (χ2n) is 7.17. The molecule has 0 aliphatic carbocycles. The SMILES string of the molecule is CCOc1nc(N2CCN(C)CC2)nc(OCC)c1Sc1nc(N)cc(NC(=O)CCCl)n1. The topological polar surface area (TPSA) is 132 Å². The van der Waals surface area contributed by atoms with Crippen molar-refractivity contribution in [3.05, 3.63) is 6.07 Å². The highest BCUT2D eigenvalue weighted by molar-refractivity contribution is 7.99. The normalized spacial score (nSPS) is 14.2. The monoisotopic (exact) mass is 496 g/mol.